The normalized spacial score (nSPS) is 10.6. The van der Waals surface area contributed by atoms with Crippen molar-refractivity contribution < 1.29 is 4.79 Å². The van der Waals surface area contributed by atoms with Gasteiger partial charge in [-0.15, -0.1) is 0 Å². The zero-order valence-electron chi connectivity index (χ0n) is 13.1. The fraction of sp³-hybridized carbons (Fsp3) is 0.588. The Morgan fingerprint density at radius 2 is 1.80 bits per heavy atom. The van der Waals surface area contributed by atoms with E-state index >= 15 is 0 Å². The number of unbranched alkanes of at least 4 members (excludes halogenated alkanes) is 4. The zero-order chi connectivity index (χ0) is 14.8. The highest BCUT2D eigenvalue weighted by Crippen LogP contribution is 2.13. The summed E-state index contributed by atoms with van der Waals surface area (Å²) in [6.45, 7) is 7.65. The van der Waals surface area contributed by atoms with Gasteiger partial charge >= 0.3 is 0 Å². The summed E-state index contributed by atoms with van der Waals surface area (Å²) in [7, 11) is 0. The van der Waals surface area contributed by atoms with E-state index in [1.165, 1.54) is 36.8 Å². The molecule has 2 N–H and O–H groups in total. The summed E-state index contributed by atoms with van der Waals surface area (Å²) in [4.78, 5) is 11.8. The summed E-state index contributed by atoms with van der Waals surface area (Å²) in [5.74, 6) is 0.0295. The van der Waals surface area contributed by atoms with Crippen molar-refractivity contribution in [2.24, 2.45) is 0 Å². The van der Waals surface area contributed by atoms with E-state index in [0.29, 0.717) is 6.54 Å². The van der Waals surface area contributed by atoms with Crippen molar-refractivity contribution in [2.75, 3.05) is 18.4 Å². The fourth-order valence-corrected chi connectivity index (χ4v) is 2.08. The van der Waals surface area contributed by atoms with Crippen LogP contribution in [0.5, 0.6) is 0 Å². The summed E-state index contributed by atoms with van der Waals surface area (Å²) in [6, 6.07) is 6.00. The van der Waals surface area contributed by atoms with Crippen molar-refractivity contribution >= 4 is 11.6 Å². The number of nitrogens with one attached hydrogen (secondary N) is 2. The summed E-state index contributed by atoms with van der Waals surface area (Å²) in [5, 5.41) is 6.12. The molecule has 0 spiro atoms. The van der Waals surface area contributed by atoms with E-state index in [2.05, 4.69) is 31.4 Å². The van der Waals surface area contributed by atoms with Crippen LogP contribution in [-0.2, 0) is 4.79 Å². The Morgan fingerprint density at radius 1 is 1.05 bits per heavy atom. The smallest absolute Gasteiger partial charge is 0.238 e. The van der Waals surface area contributed by atoms with Gasteiger partial charge in [0.2, 0.25) is 5.91 Å². The number of amides is 1. The number of rotatable bonds is 9. The summed E-state index contributed by atoms with van der Waals surface area (Å²) in [6.07, 6.45) is 6.28. The standard InChI is InChI=1S/C17H28N2O/c1-4-5-6-7-8-11-18-13-17(20)19-16-10-9-14(2)15(3)12-16/h9-10,12,18H,4-8,11,13H2,1-3H3,(H,19,20). The van der Waals surface area contributed by atoms with Gasteiger partial charge in [-0.05, 0) is 50.1 Å². The molecule has 1 aromatic rings. The Hall–Kier alpha value is -1.35. The molecule has 1 rings (SSSR count). The van der Waals surface area contributed by atoms with Gasteiger partial charge in [0.1, 0.15) is 0 Å². The van der Waals surface area contributed by atoms with Gasteiger partial charge in [-0.25, -0.2) is 0 Å². The van der Waals surface area contributed by atoms with Crippen LogP contribution < -0.4 is 10.6 Å². The van der Waals surface area contributed by atoms with E-state index in [1.54, 1.807) is 0 Å². The predicted octanol–water partition coefficient (Wildman–Crippen LogP) is 3.80. The first-order chi connectivity index (χ1) is 9.63. The van der Waals surface area contributed by atoms with E-state index in [1.807, 2.05) is 18.2 Å². The highest BCUT2D eigenvalue weighted by molar-refractivity contribution is 5.92. The summed E-state index contributed by atoms with van der Waals surface area (Å²) in [5.41, 5.74) is 3.32. The number of carbonyl (C=O) groups excluding carboxylic acids is 1. The molecule has 3 heteroatoms. The average molecular weight is 276 g/mol. The SMILES string of the molecule is CCCCCCCNCC(=O)Nc1ccc(C)c(C)c1. The molecular weight excluding hydrogens is 248 g/mol. The molecule has 1 aromatic carbocycles. The number of aryl methyl sites for hydroxylation is 2. The van der Waals surface area contributed by atoms with Crippen molar-refractivity contribution in [3.05, 3.63) is 29.3 Å². The number of carbonyl (C=O) groups is 1. The molecule has 3 nitrogen and oxygen atoms in total. The van der Waals surface area contributed by atoms with E-state index in [9.17, 15) is 4.79 Å². The zero-order valence-corrected chi connectivity index (χ0v) is 13.1. The average Bonchev–Trinajstić information content (AvgIpc) is 2.42. The Morgan fingerprint density at radius 3 is 2.50 bits per heavy atom. The van der Waals surface area contributed by atoms with Crippen LogP contribution in [0.25, 0.3) is 0 Å². The molecule has 1 amide bonds. The molecule has 0 unspecified atom stereocenters. The lowest BCUT2D eigenvalue weighted by Gasteiger charge is -2.08. The van der Waals surface area contributed by atoms with Crippen molar-refractivity contribution in [1.82, 2.24) is 5.32 Å². The van der Waals surface area contributed by atoms with E-state index < -0.39 is 0 Å². The third-order valence-electron chi connectivity index (χ3n) is 3.53. The molecular formula is C17H28N2O. The maximum atomic E-state index is 11.8. The molecule has 0 atom stereocenters. The van der Waals surface area contributed by atoms with Crippen LogP contribution in [0.1, 0.15) is 50.2 Å². The molecule has 0 radical (unpaired) electrons. The predicted molar refractivity (Wildman–Crippen MR) is 86.2 cm³/mol. The number of anilines is 1. The van der Waals surface area contributed by atoms with Crippen LogP contribution >= 0.6 is 0 Å². The largest absolute Gasteiger partial charge is 0.325 e. The molecule has 0 aromatic heterocycles. The molecule has 0 saturated heterocycles. The fourth-order valence-electron chi connectivity index (χ4n) is 2.08. The van der Waals surface area contributed by atoms with Gasteiger partial charge in [-0.1, -0.05) is 38.7 Å². The molecule has 0 aliphatic carbocycles. The van der Waals surface area contributed by atoms with Crippen molar-refractivity contribution in [3.63, 3.8) is 0 Å². The van der Waals surface area contributed by atoms with Gasteiger partial charge in [0.05, 0.1) is 6.54 Å². The molecule has 0 fully saturated rings. The minimum atomic E-state index is 0.0295. The first kappa shape index (κ1) is 16.7. The summed E-state index contributed by atoms with van der Waals surface area (Å²) < 4.78 is 0. The topological polar surface area (TPSA) is 41.1 Å². The number of hydrogen-bond donors (Lipinski definition) is 2. The summed E-state index contributed by atoms with van der Waals surface area (Å²) >= 11 is 0. The minimum Gasteiger partial charge on any atom is -0.325 e. The monoisotopic (exact) mass is 276 g/mol. The molecule has 0 aliphatic heterocycles. The lowest BCUT2D eigenvalue weighted by atomic mass is 10.1. The molecule has 112 valence electrons. The molecule has 0 bridgehead atoms. The van der Waals surface area contributed by atoms with Gasteiger partial charge in [-0.2, -0.15) is 0 Å². The Kier molecular flexibility index (Phi) is 7.97. The Labute approximate surface area is 123 Å². The first-order valence-electron chi connectivity index (χ1n) is 7.71. The second-order valence-corrected chi connectivity index (χ2v) is 5.44. The van der Waals surface area contributed by atoms with Crippen molar-refractivity contribution in [1.29, 1.82) is 0 Å². The maximum absolute atomic E-state index is 11.8. The van der Waals surface area contributed by atoms with Crippen LogP contribution in [0.3, 0.4) is 0 Å². The molecule has 0 heterocycles. The van der Waals surface area contributed by atoms with Crippen LogP contribution in [0.4, 0.5) is 5.69 Å². The molecule has 0 aliphatic rings. The van der Waals surface area contributed by atoms with Gasteiger partial charge in [0.15, 0.2) is 0 Å². The van der Waals surface area contributed by atoms with Crippen LogP contribution in [0.2, 0.25) is 0 Å². The van der Waals surface area contributed by atoms with Crippen molar-refractivity contribution in [2.45, 2.75) is 52.9 Å². The third-order valence-corrected chi connectivity index (χ3v) is 3.53. The lowest BCUT2D eigenvalue weighted by molar-refractivity contribution is -0.115. The van der Waals surface area contributed by atoms with Gasteiger partial charge in [0.25, 0.3) is 0 Å². The quantitative estimate of drug-likeness (QED) is 0.674. The molecule has 0 saturated carbocycles. The lowest BCUT2D eigenvalue weighted by Crippen LogP contribution is -2.28. The maximum Gasteiger partial charge on any atom is 0.238 e. The second kappa shape index (κ2) is 9.54. The van der Waals surface area contributed by atoms with E-state index in [-0.39, 0.29) is 5.91 Å². The van der Waals surface area contributed by atoms with Gasteiger partial charge in [-0.3, -0.25) is 4.79 Å². The second-order valence-electron chi connectivity index (χ2n) is 5.44. The van der Waals surface area contributed by atoms with Crippen molar-refractivity contribution in [3.8, 4) is 0 Å². The van der Waals surface area contributed by atoms with E-state index in [0.717, 1.165) is 18.7 Å². The number of hydrogen-bond acceptors (Lipinski definition) is 2. The Balaban J connectivity index is 2.15. The first-order valence-corrected chi connectivity index (χ1v) is 7.71. The van der Waals surface area contributed by atoms with Crippen LogP contribution in [0, 0.1) is 13.8 Å². The third kappa shape index (κ3) is 6.71. The van der Waals surface area contributed by atoms with Crippen LogP contribution in [-0.4, -0.2) is 19.0 Å². The van der Waals surface area contributed by atoms with Gasteiger partial charge < -0.3 is 10.6 Å². The van der Waals surface area contributed by atoms with Crippen LogP contribution in [0.15, 0.2) is 18.2 Å². The van der Waals surface area contributed by atoms with E-state index in [4.69, 9.17) is 0 Å². The molecule has 20 heavy (non-hydrogen) atoms. The Bertz CT molecular complexity index is 415. The minimum absolute atomic E-state index is 0.0295. The highest BCUT2D eigenvalue weighted by atomic mass is 16.1. The highest BCUT2D eigenvalue weighted by Gasteiger charge is 2.02. The van der Waals surface area contributed by atoms with Gasteiger partial charge in [0, 0.05) is 5.69 Å². The number of benzene rings is 1.